The van der Waals surface area contributed by atoms with Crippen molar-refractivity contribution < 1.29 is 5.11 Å². The molecule has 1 aromatic rings. The highest BCUT2D eigenvalue weighted by Crippen LogP contribution is 2.41. The number of rotatable bonds is 5. The van der Waals surface area contributed by atoms with E-state index in [-0.39, 0.29) is 11.6 Å². The van der Waals surface area contributed by atoms with Gasteiger partial charge in [0.25, 0.3) is 0 Å². The standard InChI is InChI=1S/C14H20ClNO/c1-2-13(17)10-16-14(8-3-9-14)11-4-6-12(15)7-5-11/h4-7,13,16-17H,2-3,8-10H2,1H3/t13-/m1/s1. The Morgan fingerprint density at radius 1 is 1.35 bits per heavy atom. The summed E-state index contributed by atoms with van der Waals surface area (Å²) >= 11 is 5.91. The number of benzene rings is 1. The molecule has 1 atom stereocenters. The summed E-state index contributed by atoms with van der Waals surface area (Å²) in [6, 6.07) is 8.06. The highest BCUT2D eigenvalue weighted by molar-refractivity contribution is 6.30. The summed E-state index contributed by atoms with van der Waals surface area (Å²) in [5.74, 6) is 0. The molecule has 0 aliphatic heterocycles. The third-order valence-corrected chi connectivity index (χ3v) is 4.00. The molecule has 0 heterocycles. The van der Waals surface area contributed by atoms with Crippen molar-refractivity contribution in [1.82, 2.24) is 5.32 Å². The maximum Gasteiger partial charge on any atom is 0.0662 e. The summed E-state index contributed by atoms with van der Waals surface area (Å²) in [7, 11) is 0. The molecule has 0 amide bonds. The zero-order chi connectivity index (χ0) is 12.3. The minimum atomic E-state index is -0.250. The van der Waals surface area contributed by atoms with E-state index >= 15 is 0 Å². The molecule has 2 rings (SSSR count). The molecule has 94 valence electrons. The fourth-order valence-corrected chi connectivity index (χ4v) is 2.45. The van der Waals surface area contributed by atoms with E-state index in [1.165, 1.54) is 12.0 Å². The van der Waals surface area contributed by atoms with Crippen LogP contribution in [0.5, 0.6) is 0 Å². The van der Waals surface area contributed by atoms with E-state index in [4.69, 9.17) is 11.6 Å². The van der Waals surface area contributed by atoms with Crippen LogP contribution in [0.25, 0.3) is 0 Å². The van der Waals surface area contributed by atoms with Crippen molar-refractivity contribution in [3.63, 3.8) is 0 Å². The maximum absolute atomic E-state index is 9.65. The van der Waals surface area contributed by atoms with Gasteiger partial charge in [-0.05, 0) is 43.4 Å². The van der Waals surface area contributed by atoms with E-state index in [1.807, 2.05) is 19.1 Å². The Kier molecular flexibility index (Phi) is 4.08. The highest BCUT2D eigenvalue weighted by Gasteiger charge is 2.38. The van der Waals surface area contributed by atoms with Gasteiger partial charge in [0.1, 0.15) is 0 Å². The molecule has 3 heteroatoms. The molecular formula is C14H20ClNO. The first kappa shape index (κ1) is 12.9. The number of aliphatic hydroxyl groups is 1. The van der Waals surface area contributed by atoms with Gasteiger partial charge in [0.2, 0.25) is 0 Å². The Hall–Kier alpha value is -0.570. The Bertz CT molecular complexity index is 359. The van der Waals surface area contributed by atoms with Crippen LogP contribution in [0, 0.1) is 0 Å². The van der Waals surface area contributed by atoms with Gasteiger partial charge in [-0.3, -0.25) is 0 Å². The molecule has 0 unspecified atom stereocenters. The Balaban J connectivity index is 2.06. The normalized spacial score (nSPS) is 19.7. The minimum absolute atomic E-state index is 0.0702. The molecule has 1 aliphatic rings. The van der Waals surface area contributed by atoms with Gasteiger partial charge >= 0.3 is 0 Å². The summed E-state index contributed by atoms with van der Waals surface area (Å²) in [5.41, 5.74) is 1.36. The first-order valence-electron chi connectivity index (χ1n) is 6.35. The monoisotopic (exact) mass is 253 g/mol. The Labute approximate surface area is 108 Å². The molecule has 0 bridgehead atoms. The fourth-order valence-electron chi connectivity index (χ4n) is 2.32. The molecule has 1 saturated carbocycles. The van der Waals surface area contributed by atoms with Gasteiger partial charge in [0.15, 0.2) is 0 Å². The van der Waals surface area contributed by atoms with Crippen LogP contribution < -0.4 is 5.32 Å². The van der Waals surface area contributed by atoms with Gasteiger partial charge in [0, 0.05) is 17.1 Å². The third kappa shape index (κ3) is 2.82. The van der Waals surface area contributed by atoms with Gasteiger partial charge in [-0.2, -0.15) is 0 Å². The van der Waals surface area contributed by atoms with E-state index in [2.05, 4.69) is 17.4 Å². The van der Waals surface area contributed by atoms with Crippen molar-refractivity contribution in [1.29, 1.82) is 0 Å². The molecule has 2 nitrogen and oxygen atoms in total. The summed E-state index contributed by atoms with van der Waals surface area (Å²) in [4.78, 5) is 0. The number of halogens is 1. The first-order valence-corrected chi connectivity index (χ1v) is 6.73. The van der Waals surface area contributed by atoms with Crippen LogP contribution in [0.2, 0.25) is 5.02 Å². The van der Waals surface area contributed by atoms with E-state index in [1.54, 1.807) is 0 Å². The number of nitrogens with one attached hydrogen (secondary N) is 1. The second-order valence-electron chi connectivity index (χ2n) is 4.89. The maximum atomic E-state index is 9.65. The van der Waals surface area contributed by atoms with E-state index < -0.39 is 0 Å². The van der Waals surface area contributed by atoms with Crippen LogP contribution in [0.3, 0.4) is 0 Å². The molecule has 1 aliphatic carbocycles. The summed E-state index contributed by atoms with van der Waals surface area (Å²) < 4.78 is 0. The lowest BCUT2D eigenvalue weighted by atomic mass is 9.71. The van der Waals surface area contributed by atoms with Crippen LogP contribution in [-0.2, 0) is 5.54 Å². The lowest BCUT2D eigenvalue weighted by Crippen LogP contribution is -2.50. The molecular weight excluding hydrogens is 234 g/mol. The van der Waals surface area contributed by atoms with Gasteiger partial charge in [-0.1, -0.05) is 30.7 Å². The highest BCUT2D eigenvalue weighted by atomic mass is 35.5. The largest absolute Gasteiger partial charge is 0.392 e. The first-order chi connectivity index (χ1) is 8.16. The fraction of sp³-hybridized carbons (Fsp3) is 0.571. The second kappa shape index (κ2) is 5.38. The van der Waals surface area contributed by atoms with E-state index in [9.17, 15) is 5.11 Å². The van der Waals surface area contributed by atoms with Crippen LogP contribution >= 0.6 is 11.6 Å². The van der Waals surface area contributed by atoms with Crippen molar-refractivity contribution in [3.05, 3.63) is 34.9 Å². The summed E-state index contributed by atoms with van der Waals surface area (Å²) in [6.07, 6.45) is 4.08. The second-order valence-corrected chi connectivity index (χ2v) is 5.32. The molecule has 0 saturated heterocycles. The average Bonchev–Trinajstić information content (AvgIpc) is 2.29. The topological polar surface area (TPSA) is 32.3 Å². The molecule has 1 fully saturated rings. The molecule has 0 radical (unpaired) electrons. The number of hydrogen-bond donors (Lipinski definition) is 2. The van der Waals surface area contributed by atoms with Crippen LogP contribution in [-0.4, -0.2) is 17.8 Å². The minimum Gasteiger partial charge on any atom is -0.392 e. The van der Waals surface area contributed by atoms with Crippen molar-refractivity contribution in [2.24, 2.45) is 0 Å². The smallest absolute Gasteiger partial charge is 0.0662 e. The quantitative estimate of drug-likeness (QED) is 0.845. The van der Waals surface area contributed by atoms with Gasteiger partial charge in [-0.15, -0.1) is 0 Å². The average molecular weight is 254 g/mol. The molecule has 1 aromatic carbocycles. The van der Waals surface area contributed by atoms with Crippen LogP contribution in [0.4, 0.5) is 0 Å². The SMILES string of the molecule is CC[C@@H](O)CNC1(c2ccc(Cl)cc2)CCC1. The van der Waals surface area contributed by atoms with Crippen LogP contribution in [0.1, 0.15) is 38.2 Å². The van der Waals surface area contributed by atoms with Crippen LogP contribution in [0.15, 0.2) is 24.3 Å². The van der Waals surface area contributed by atoms with Crippen molar-refractivity contribution in [2.45, 2.75) is 44.2 Å². The molecule has 17 heavy (non-hydrogen) atoms. The molecule has 2 N–H and O–H groups in total. The van der Waals surface area contributed by atoms with Gasteiger partial charge in [-0.25, -0.2) is 0 Å². The molecule has 0 aromatic heterocycles. The zero-order valence-electron chi connectivity index (χ0n) is 10.2. The van der Waals surface area contributed by atoms with E-state index in [0.717, 1.165) is 24.3 Å². The predicted molar refractivity (Wildman–Crippen MR) is 71.3 cm³/mol. The number of aliphatic hydroxyl groups excluding tert-OH is 1. The Morgan fingerprint density at radius 3 is 2.47 bits per heavy atom. The van der Waals surface area contributed by atoms with E-state index in [0.29, 0.717) is 6.54 Å². The summed E-state index contributed by atoms with van der Waals surface area (Å²) in [6.45, 7) is 2.67. The van der Waals surface area contributed by atoms with Gasteiger partial charge in [0.05, 0.1) is 6.10 Å². The van der Waals surface area contributed by atoms with Gasteiger partial charge < -0.3 is 10.4 Å². The van der Waals surface area contributed by atoms with Crippen molar-refractivity contribution in [2.75, 3.05) is 6.54 Å². The lowest BCUT2D eigenvalue weighted by molar-refractivity contribution is 0.119. The van der Waals surface area contributed by atoms with Crippen molar-refractivity contribution in [3.8, 4) is 0 Å². The predicted octanol–water partition coefficient (Wildman–Crippen LogP) is 3.08. The zero-order valence-corrected chi connectivity index (χ0v) is 11.0. The number of hydrogen-bond acceptors (Lipinski definition) is 2. The lowest BCUT2D eigenvalue weighted by Gasteiger charge is -2.44. The molecule has 0 spiro atoms. The Morgan fingerprint density at radius 2 is 2.00 bits per heavy atom. The summed E-state index contributed by atoms with van der Waals surface area (Å²) in [5, 5.41) is 13.9. The van der Waals surface area contributed by atoms with Crippen molar-refractivity contribution >= 4 is 11.6 Å². The third-order valence-electron chi connectivity index (χ3n) is 3.75.